The van der Waals surface area contributed by atoms with Crippen LogP contribution < -0.4 is 5.32 Å². The van der Waals surface area contributed by atoms with Gasteiger partial charge in [-0.3, -0.25) is 9.59 Å². The minimum absolute atomic E-state index is 0.0573. The van der Waals surface area contributed by atoms with E-state index in [4.69, 9.17) is 4.74 Å². The van der Waals surface area contributed by atoms with Gasteiger partial charge in [0.05, 0.1) is 17.9 Å². The van der Waals surface area contributed by atoms with Crippen molar-refractivity contribution in [2.24, 2.45) is 5.92 Å². The summed E-state index contributed by atoms with van der Waals surface area (Å²) in [4.78, 5) is 39.5. The van der Waals surface area contributed by atoms with Crippen LogP contribution in [0.5, 0.6) is 0 Å². The first-order chi connectivity index (χ1) is 14.0. The van der Waals surface area contributed by atoms with Crippen LogP contribution in [-0.2, 0) is 4.74 Å². The van der Waals surface area contributed by atoms with Gasteiger partial charge in [0.15, 0.2) is 0 Å². The molecule has 0 aromatic heterocycles. The third-order valence-corrected chi connectivity index (χ3v) is 4.99. The van der Waals surface area contributed by atoms with Gasteiger partial charge >= 0.3 is 5.97 Å². The maximum atomic E-state index is 12.8. The molecule has 6 heteroatoms. The molecule has 0 aliphatic carbocycles. The molecule has 1 saturated heterocycles. The quantitative estimate of drug-likeness (QED) is 0.778. The molecule has 2 amide bonds. The highest BCUT2D eigenvalue weighted by atomic mass is 16.5. The summed E-state index contributed by atoms with van der Waals surface area (Å²) in [6.07, 6.45) is 2.13. The highest BCUT2D eigenvalue weighted by Gasteiger charge is 2.23. The van der Waals surface area contributed by atoms with E-state index >= 15 is 0 Å². The van der Waals surface area contributed by atoms with Gasteiger partial charge < -0.3 is 15.0 Å². The minimum atomic E-state index is -0.494. The minimum Gasteiger partial charge on any atom is -0.462 e. The Bertz CT molecular complexity index is 909. The molecule has 0 saturated carbocycles. The van der Waals surface area contributed by atoms with Crippen LogP contribution in [0, 0.1) is 5.92 Å². The van der Waals surface area contributed by atoms with Crippen LogP contribution in [0.2, 0.25) is 0 Å². The van der Waals surface area contributed by atoms with E-state index in [0.717, 1.165) is 25.9 Å². The summed E-state index contributed by atoms with van der Waals surface area (Å²) < 4.78 is 5.04. The SMILES string of the molecule is CCOC(=O)c1ccccc1NC(=O)c1cccc(C(=O)N2CCCC(C)C2)c1. The van der Waals surface area contributed by atoms with Crippen molar-refractivity contribution in [3.05, 3.63) is 65.2 Å². The van der Waals surface area contributed by atoms with Crippen molar-refractivity contribution in [2.75, 3.05) is 25.0 Å². The van der Waals surface area contributed by atoms with E-state index < -0.39 is 5.97 Å². The topological polar surface area (TPSA) is 75.7 Å². The number of para-hydroxylation sites is 1. The molecular formula is C23H26N2O4. The Labute approximate surface area is 170 Å². The Morgan fingerprint density at radius 2 is 1.86 bits per heavy atom. The molecule has 2 aromatic rings. The normalized spacial score (nSPS) is 16.2. The lowest BCUT2D eigenvalue weighted by Gasteiger charge is -2.31. The maximum absolute atomic E-state index is 12.8. The van der Waals surface area contributed by atoms with Gasteiger partial charge in [0.25, 0.3) is 11.8 Å². The van der Waals surface area contributed by atoms with Crippen LogP contribution >= 0.6 is 0 Å². The van der Waals surface area contributed by atoms with Crippen molar-refractivity contribution in [2.45, 2.75) is 26.7 Å². The van der Waals surface area contributed by atoms with E-state index in [9.17, 15) is 14.4 Å². The lowest BCUT2D eigenvalue weighted by atomic mass is 9.99. The molecular weight excluding hydrogens is 368 g/mol. The third-order valence-electron chi connectivity index (χ3n) is 4.99. The summed E-state index contributed by atoms with van der Waals surface area (Å²) in [5.74, 6) is -0.452. The largest absolute Gasteiger partial charge is 0.462 e. The molecule has 6 nitrogen and oxygen atoms in total. The van der Waals surface area contributed by atoms with Gasteiger partial charge in [-0.2, -0.15) is 0 Å². The number of ether oxygens (including phenoxy) is 1. The summed E-state index contributed by atoms with van der Waals surface area (Å²) in [5, 5.41) is 2.75. The molecule has 1 atom stereocenters. The molecule has 2 aromatic carbocycles. The molecule has 0 radical (unpaired) electrons. The van der Waals surface area contributed by atoms with Gasteiger partial charge in [-0.1, -0.05) is 25.1 Å². The number of amides is 2. The standard InChI is InChI=1S/C23H26N2O4/c1-3-29-23(28)19-11-4-5-12-20(19)24-21(26)17-9-6-10-18(14-17)22(27)25-13-7-8-16(2)15-25/h4-6,9-12,14,16H,3,7-8,13,15H2,1-2H3,(H,24,26). The second-order valence-electron chi connectivity index (χ2n) is 7.30. The van der Waals surface area contributed by atoms with Gasteiger partial charge in [-0.15, -0.1) is 0 Å². The van der Waals surface area contributed by atoms with Gasteiger partial charge in [-0.05, 0) is 56.0 Å². The van der Waals surface area contributed by atoms with E-state index in [-0.39, 0.29) is 24.0 Å². The summed E-state index contributed by atoms with van der Waals surface area (Å²) in [7, 11) is 0. The van der Waals surface area contributed by atoms with Crippen molar-refractivity contribution >= 4 is 23.5 Å². The van der Waals surface area contributed by atoms with E-state index in [0.29, 0.717) is 22.7 Å². The molecule has 3 rings (SSSR count). The summed E-state index contributed by atoms with van der Waals surface area (Å²) in [6, 6.07) is 13.4. The van der Waals surface area contributed by atoms with Crippen molar-refractivity contribution in [1.29, 1.82) is 0 Å². The van der Waals surface area contributed by atoms with E-state index in [1.807, 2.05) is 4.90 Å². The molecule has 29 heavy (non-hydrogen) atoms. The number of nitrogens with zero attached hydrogens (tertiary/aromatic N) is 1. The van der Waals surface area contributed by atoms with Crippen LogP contribution in [0.4, 0.5) is 5.69 Å². The molecule has 1 heterocycles. The van der Waals surface area contributed by atoms with Crippen molar-refractivity contribution in [3.63, 3.8) is 0 Å². The average Bonchev–Trinajstić information content (AvgIpc) is 2.74. The lowest BCUT2D eigenvalue weighted by molar-refractivity contribution is 0.0527. The van der Waals surface area contributed by atoms with E-state index in [1.54, 1.807) is 55.5 Å². The molecule has 0 bridgehead atoms. The highest BCUT2D eigenvalue weighted by molar-refractivity contribution is 6.09. The molecule has 1 N–H and O–H groups in total. The predicted octanol–water partition coefficient (Wildman–Crippen LogP) is 3.99. The maximum Gasteiger partial charge on any atom is 0.340 e. The predicted molar refractivity (Wildman–Crippen MR) is 111 cm³/mol. The summed E-state index contributed by atoms with van der Waals surface area (Å²) >= 11 is 0. The molecule has 1 unspecified atom stereocenters. The van der Waals surface area contributed by atoms with Crippen LogP contribution in [0.3, 0.4) is 0 Å². The number of benzene rings is 2. The molecule has 1 aliphatic heterocycles. The first kappa shape index (κ1) is 20.6. The smallest absolute Gasteiger partial charge is 0.340 e. The van der Waals surface area contributed by atoms with Gasteiger partial charge in [0.1, 0.15) is 0 Å². The average molecular weight is 394 g/mol. The number of likely N-dealkylation sites (tertiary alicyclic amines) is 1. The number of hydrogen-bond donors (Lipinski definition) is 1. The second-order valence-corrected chi connectivity index (χ2v) is 7.30. The zero-order valence-electron chi connectivity index (χ0n) is 16.8. The monoisotopic (exact) mass is 394 g/mol. The van der Waals surface area contributed by atoms with Crippen LogP contribution in [0.1, 0.15) is 57.8 Å². The second kappa shape index (κ2) is 9.37. The Balaban J connectivity index is 1.77. The van der Waals surface area contributed by atoms with Crippen molar-refractivity contribution in [3.8, 4) is 0 Å². The Morgan fingerprint density at radius 3 is 2.62 bits per heavy atom. The number of hydrogen-bond acceptors (Lipinski definition) is 4. The summed E-state index contributed by atoms with van der Waals surface area (Å²) in [6.45, 7) is 5.60. The van der Waals surface area contributed by atoms with Crippen molar-refractivity contribution in [1.82, 2.24) is 4.90 Å². The Morgan fingerprint density at radius 1 is 1.10 bits per heavy atom. The fourth-order valence-corrected chi connectivity index (χ4v) is 3.52. The van der Waals surface area contributed by atoms with Gasteiger partial charge in [0.2, 0.25) is 0 Å². The molecule has 152 valence electrons. The first-order valence-corrected chi connectivity index (χ1v) is 9.96. The first-order valence-electron chi connectivity index (χ1n) is 9.96. The van der Waals surface area contributed by atoms with E-state index in [1.165, 1.54) is 0 Å². The van der Waals surface area contributed by atoms with Crippen LogP contribution in [0.25, 0.3) is 0 Å². The zero-order chi connectivity index (χ0) is 20.8. The van der Waals surface area contributed by atoms with Crippen LogP contribution in [0.15, 0.2) is 48.5 Å². The number of carbonyl (C=O) groups excluding carboxylic acids is 3. The molecule has 1 aliphatic rings. The number of rotatable bonds is 5. The number of carbonyl (C=O) groups is 3. The lowest BCUT2D eigenvalue weighted by Crippen LogP contribution is -2.39. The van der Waals surface area contributed by atoms with Crippen LogP contribution in [-0.4, -0.2) is 42.4 Å². The summed E-state index contributed by atoms with van der Waals surface area (Å²) in [5.41, 5.74) is 1.51. The van der Waals surface area contributed by atoms with Gasteiger partial charge in [-0.25, -0.2) is 4.79 Å². The molecule has 1 fully saturated rings. The van der Waals surface area contributed by atoms with E-state index in [2.05, 4.69) is 12.2 Å². The number of esters is 1. The molecule has 0 spiro atoms. The number of anilines is 1. The number of nitrogens with one attached hydrogen (secondary N) is 1. The highest BCUT2D eigenvalue weighted by Crippen LogP contribution is 2.20. The fraction of sp³-hybridized carbons (Fsp3) is 0.348. The fourth-order valence-electron chi connectivity index (χ4n) is 3.52. The number of piperidine rings is 1. The Kier molecular flexibility index (Phi) is 6.65. The zero-order valence-corrected chi connectivity index (χ0v) is 16.8. The van der Waals surface area contributed by atoms with Crippen molar-refractivity contribution < 1.29 is 19.1 Å². The Hall–Kier alpha value is -3.15. The van der Waals surface area contributed by atoms with Gasteiger partial charge in [0, 0.05) is 24.2 Å². The third kappa shape index (κ3) is 5.02.